The van der Waals surface area contributed by atoms with Crippen LogP contribution in [0.5, 0.6) is 0 Å². The molecule has 0 radical (unpaired) electrons. The largest absolute Gasteiger partial charge is 0.481 e. The number of thioether (sulfide) groups is 2. The van der Waals surface area contributed by atoms with Crippen LogP contribution in [-0.4, -0.2) is 96.8 Å². The Morgan fingerprint density at radius 3 is 2.86 bits per heavy atom. The van der Waals surface area contributed by atoms with Gasteiger partial charge in [0.15, 0.2) is 0 Å². The van der Waals surface area contributed by atoms with Crippen molar-refractivity contribution in [2.24, 2.45) is 23.7 Å². The number of nitrogens with one attached hydrogen (secondary N) is 1. The number of alkyl halides is 1. The van der Waals surface area contributed by atoms with E-state index in [9.17, 15) is 14.7 Å². The van der Waals surface area contributed by atoms with Crippen LogP contribution in [0.3, 0.4) is 0 Å². The minimum atomic E-state index is -0.694. The van der Waals surface area contributed by atoms with Crippen molar-refractivity contribution in [1.82, 2.24) is 19.8 Å². The Hall–Kier alpha value is -0.780. The third kappa shape index (κ3) is 6.26. The van der Waals surface area contributed by atoms with Gasteiger partial charge in [0.2, 0.25) is 0 Å². The van der Waals surface area contributed by atoms with Gasteiger partial charge in [-0.05, 0) is 102 Å². The summed E-state index contributed by atoms with van der Waals surface area (Å²) in [5.74, 6) is 3.21. The number of ether oxygens (including phenoxy) is 1. The van der Waals surface area contributed by atoms with Gasteiger partial charge < -0.3 is 15.2 Å². The van der Waals surface area contributed by atoms with Crippen molar-refractivity contribution in [3.8, 4) is 0 Å². The Labute approximate surface area is 275 Å². The maximum absolute atomic E-state index is 13.9. The zero-order chi connectivity index (χ0) is 30.5. The van der Waals surface area contributed by atoms with Crippen molar-refractivity contribution in [1.29, 1.82) is 0 Å². The number of carbonyl (C=O) groups is 1. The van der Waals surface area contributed by atoms with E-state index in [-0.39, 0.29) is 40.3 Å². The molecule has 0 amide bonds. The first-order valence-corrected chi connectivity index (χ1v) is 19.6. The number of rotatable bonds is 7. The third-order valence-electron chi connectivity index (χ3n) is 11.8. The van der Waals surface area contributed by atoms with E-state index in [2.05, 4.69) is 28.9 Å². The maximum atomic E-state index is 13.9. The minimum absolute atomic E-state index is 0.00218. The lowest BCUT2D eigenvalue weighted by atomic mass is 9.70. The molecule has 6 aliphatic rings. The lowest BCUT2D eigenvalue weighted by Crippen LogP contribution is -2.57. The predicted molar refractivity (Wildman–Crippen MR) is 178 cm³/mol. The maximum Gasteiger partial charge on any atom is 0.308 e. The normalized spacial score (nSPS) is 40.8. The first-order chi connectivity index (χ1) is 21.3. The van der Waals surface area contributed by atoms with Crippen molar-refractivity contribution < 1.29 is 14.6 Å². The average molecular weight is 665 g/mol. The molecule has 11 heteroatoms. The number of hydrogen-bond donors (Lipinski definition) is 2. The Bertz CT molecular complexity index is 1280. The summed E-state index contributed by atoms with van der Waals surface area (Å²) in [6, 6.07) is 0.721. The molecule has 8 nitrogen and oxygen atoms in total. The molecule has 1 saturated carbocycles. The van der Waals surface area contributed by atoms with Gasteiger partial charge in [-0.1, -0.05) is 0 Å². The van der Waals surface area contributed by atoms with Gasteiger partial charge in [-0.2, -0.15) is 23.5 Å². The van der Waals surface area contributed by atoms with E-state index in [1.165, 1.54) is 25.1 Å². The van der Waals surface area contributed by atoms with Crippen molar-refractivity contribution in [2.45, 2.75) is 118 Å². The standard InChI is InChI=1S/C33H49ClN4O4S2/c1-18-13-24(31-30(35-18)26(17-44-31)33(40)41)23-14-21(34)3-6-28(23)42-11-10-38-19(2)36-27-5-4-22(15-25(27)32(38)39)37-9-7-29-20(16-37)8-12-43-29/h18,20-24,26,28-31,35H,3-17H2,1-2H3,(H,40,41). The van der Waals surface area contributed by atoms with E-state index in [1.807, 2.05) is 23.3 Å². The number of carboxylic acid groups (broad SMARTS) is 1. The van der Waals surface area contributed by atoms with Gasteiger partial charge >= 0.3 is 5.97 Å². The number of likely N-dealkylation sites (tertiary alicyclic amines) is 1. The molecule has 2 N–H and O–H groups in total. The van der Waals surface area contributed by atoms with Crippen LogP contribution in [0.4, 0.5) is 0 Å². The highest BCUT2D eigenvalue weighted by molar-refractivity contribution is 8.00. The molecule has 4 saturated heterocycles. The Morgan fingerprint density at radius 2 is 2.02 bits per heavy atom. The summed E-state index contributed by atoms with van der Waals surface area (Å²) in [6.45, 7) is 7.49. The van der Waals surface area contributed by atoms with E-state index in [1.54, 1.807) is 0 Å². The fourth-order valence-corrected chi connectivity index (χ4v) is 13.2. The van der Waals surface area contributed by atoms with Crippen molar-refractivity contribution >= 4 is 41.1 Å². The number of aromatic nitrogens is 2. The number of aliphatic carboxylic acids is 1. The molecule has 2 aliphatic carbocycles. The molecule has 0 bridgehead atoms. The zero-order valence-corrected chi connectivity index (χ0v) is 28.6. The monoisotopic (exact) mass is 664 g/mol. The summed E-state index contributed by atoms with van der Waals surface area (Å²) < 4.78 is 8.52. The van der Waals surface area contributed by atoms with Crippen LogP contribution in [0.2, 0.25) is 0 Å². The number of piperidine rings is 2. The fraction of sp³-hybridized carbons (Fsp3) is 0.848. The zero-order valence-electron chi connectivity index (χ0n) is 26.2. The summed E-state index contributed by atoms with van der Waals surface area (Å²) in [4.78, 5) is 33.5. The second-order valence-corrected chi connectivity index (χ2v) is 17.6. The van der Waals surface area contributed by atoms with Crippen LogP contribution >= 0.6 is 35.1 Å². The summed E-state index contributed by atoms with van der Waals surface area (Å²) in [5.41, 5.74) is 2.07. The predicted octanol–water partition coefficient (Wildman–Crippen LogP) is 4.21. The highest BCUT2D eigenvalue weighted by Crippen LogP contribution is 2.48. The molecule has 44 heavy (non-hydrogen) atoms. The van der Waals surface area contributed by atoms with Crippen LogP contribution in [0.25, 0.3) is 0 Å². The molecular formula is C33H49ClN4O4S2. The lowest BCUT2D eigenvalue weighted by Gasteiger charge is -2.47. The highest BCUT2D eigenvalue weighted by Gasteiger charge is 2.51. The van der Waals surface area contributed by atoms with E-state index < -0.39 is 5.97 Å². The van der Waals surface area contributed by atoms with Gasteiger partial charge in [0.1, 0.15) is 5.82 Å². The second-order valence-electron chi connectivity index (χ2n) is 14.4. The topological polar surface area (TPSA) is 96.7 Å². The van der Waals surface area contributed by atoms with Gasteiger partial charge in [0.05, 0.1) is 30.9 Å². The SMILES string of the molecule is Cc1nc2c(c(=O)n1CCOC1CCC(Cl)CC1C1CC(C)NC3C(C(=O)O)CSC13)CC(N1CCC3SCCC3C1)CC2. The minimum Gasteiger partial charge on any atom is -0.481 e. The number of fused-ring (bicyclic) bond motifs is 3. The fourth-order valence-electron chi connectivity index (χ4n) is 9.53. The average Bonchev–Trinajstić information content (AvgIpc) is 3.66. The van der Waals surface area contributed by atoms with Crippen LogP contribution in [0, 0.1) is 30.6 Å². The van der Waals surface area contributed by atoms with Crippen molar-refractivity contribution in [3.63, 3.8) is 0 Å². The quantitative estimate of drug-likeness (QED) is 0.416. The van der Waals surface area contributed by atoms with Crippen LogP contribution in [-0.2, 0) is 28.9 Å². The summed E-state index contributed by atoms with van der Waals surface area (Å²) in [6.07, 6.45) is 9.29. The molecule has 0 spiro atoms. The molecule has 244 valence electrons. The van der Waals surface area contributed by atoms with E-state index in [4.69, 9.17) is 21.3 Å². The summed E-state index contributed by atoms with van der Waals surface area (Å²) in [7, 11) is 0. The van der Waals surface area contributed by atoms with E-state index in [0.29, 0.717) is 36.8 Å². The number of hydrogen-bond acceptors (Lipinski definition) is 8. The number of aryl methyl sites for hydroxylation is 2. The van der Waals surface area contributed by atoms with Gasteiger partial charge in [-0.15, -0.1) is 11.6 Å². The summed E-state index contributed by atoms with van der Waals surface area (Å²) in [5, 5.41) is 14.7. The van der Waals surface area contributed by atoms with Gasteiger partial charge in [-0.3, -0.25) is 19.1 Å². The van der Waals surface area contributed by atoms with Crippen LogP contribution < -0.4 is 10.9 Å². The number of carboxylic acids is 1. The highest BCUT2D eigenvalue weighted by atomic mass is 35.5. The molecule has 1 aromatic rings. The first-order valence-electron chi connectivity index (χ1n) is 17.1. The smallest absolute Gasteiger partial charge is 0.308 e. The molecule has 4 aliphatic heterocycles. The Morgan fingerprint density at radius 1 is 1.16 bits per heavy atom. The van der Waals surface area contributed by atoms with Crippen LogP contribution in [0.15, 0.2) is 4.79 Å². The van der Waals surface area contributed by atoms with E-state index >= 15 is 0 Å². The molecule has 1 aromatic heterocycles. The molecule has 5 heterocycles. The van der Waals surface area contributed by atoms with Gasteiger partial charge in [0.25, 0.3) is 5.56 Å². The van der Waals surface area contributed by atoms with Crippen LogP contribution in [0.1, 0.15) is 69.0 Å². The van der Waals surface area contributed by atoms with Gasteiger partial charge in [-0.25, -0.2) is 4.98 Å². The molecule has 5 fully saturated rings. The third-order valence-corrected chi connectivity index (χ3v) is 15.3. The van der Waals surface area contributed by atoms with E-state index in [0.717, 1.165) is 79.7 Å². The number of nitrogens with zero attached hydrogens (tertiary/aromatic N) is 3. The first kappa shape index (κ1) is 31.8. The number of halogens is 1. The Balaban J connectivity index is 1.02. The van der Waals surface area contributed by atoms with Crippen molar-refractivity contribution in [2.75, 3.05) is 31.2 Å². The molecule has 7 rings (SSSR count). The summed E-state index contributed by atoms with van der Waals surface area (Å²) >= 11 is 10.7. The molecule has 11 unspecified atom stereocenters. The van der Waals surface area contributed by atoms with Crippen molar-refractivity contribution in [3.05, 3.63) is 27.4 Å². The van der Waals surface area contributed by atoms with Gasteiger partial charge in [0, 0.05) is 51.9 Å². The Kier molecular flexibility index (Phi) is 9.67. The lowest BCUT2D eigenvalue weighted by molar-refractivity contribution is -0.142. The molecular weight excluding hydrogens is 616 g/mol. The second kappa shape index (κ2) is 13.4. The molecule has 11 atom stereocenters. The molecule has 0 aromatic carbocycles.